The Morgan fingerprint density at radius 2 is 2.00 bits per heavy atom. The molecule has 2 atom stereocenters. The van der Waals surface area contributed by atoms with E-state index in [4.69, 9.17) is 0 Å². The van der Waals surface area contributed by atoms with Gasteiger partial charge in [0.15, 0.2) is 0 Å². The highest BCUT2D eigenvalue weighted by molar-refractivity contribution is 7.91. The lowest BCUT2D eigenvalue weighted by molar-refractivity contribution is 0.337. The lowest BCUT2D eigenvalue weighted by Gasteiger charge is -2.16. The predicted molar refractivity (Wildman–Crippen MR) is 52.2 cm³/mol. The van der Waals surface area contributed by atoms with Crippen molar-refractivity contribution in [2.75, 3.05) is 0 Å². The summed E-state index contributed by atoms with van der Waals surface area (Å²) in [7, 11) is -3.21. The third-order valence-electron chi connectivity index (χ3n) is 3.29. The van der Waals surface area contributed by atoms with E-state index in [0.29, 0.717) is 19.3 Å². The highest BCUT2D eigenvalue weighted by Crippen LogP contribution is 2.42. The molecule has 3 nitrogen and oxygen atoms in total. The molecule has 0 aliphatic heterocycles. The summed E-state index contributed by atoms with van der Waals surface area (Å²) in [4.78, 5) is 0. The van der Waals surface area contributed by atoms with E-state index in [-0.39, 0.29) is 6.04 Å². The summed E-state index contributed by atoms with van der Waals surface area (Å²) in [6.45, 7) is 1.75. The number of rotatable bonds is 3. The van der Waals surface area contributed by atoms with E-state index in [2.05, 4.69) is 4.72 Å². The van der Waals surface area contributed by atoms with Crippen LogP contribution in [0.5, 0.6) is 0 Å². The number of sulfonamides is 1. The van der Waals surface area contributed by atoms with E-state index in [0.717, 1.165) is 12.8 Å². The lowest BCUT2D eigenvalue weighted by Crippen LogP contribution is -2.40. The zero-order valence-electron chi connectivity index (χ0n) is 8.29. The van der Waals surface area contributed by atoms with Crippen molar-refractivity contribution in [1.29, 1.82) is 0 Å². The van der Waals surface area contributed by atoms with Gasteiger partial charge in [-0.2, -0.15) is 0 Å². The number of hydrogen-bond acceptors (Lipinski definition) is 2. The molecule has 0 saturated heterocycles. The van der Waals surface area contributed by atoms with Crippen LogP contribution in [0.25, 0.3) is 0 Å². The molecule has 0 bridgehead atoms. The molecule has 14 heavy (non-hydrogen) atoms. The van der Waals surface area contributed by atoms with E-state index in [1.165, 1.54) is 0 Å². The average molecular weight is 221 g/mol. The molecule has 0 amide bonds. The van der Waals surface area contributed by atoms with Gasteiger partial charge >= 0.3 is 0 Å². The lowest BCUT2D eigenvalue weighted by atomic mass is 10.3. The van der Waals surface area contributed by atoms with Gasteiger partial charge in [0, 0.05) is 6.04 Å². The summed E-state index contributed by atoms with van der Waals surface area (Å²) >= 11 is 0. The molecule has 0 aromatic heterocycles. The van der Waals surface area contributed by atoms with Crippen molar-refractivity contribution in [2.45, 2.75) is 56.0 Å². The van der Waals surface area contributed by atoms with Crippen LogP contribution in [-0.2, 0) is 10.0 Å². The Balaban J connectivity index is 1.97. The summed E-state index contributed by atoms with van der Waals surface area (Å²) in [5.74, 6) is 0. The minimum Gasteiger partial charge on any atom is -0.247 e. The van der Waals surface area contributed by atoms with Gasteiger partial charge in [0.05, 0.1) is 4.75 Å². The average Bonchev–Trinajstić information content (AvgIpc) is 2.70. The Morgan fingerprint density at radius 1 is 1.36 bits per heavy atom. The van der Waals surface area contributed by atoms with Crippen LogP contribution >= 0.6 is 0 Å². The molecule has 2 aliphatic carbocycles. The Hall–Kier alpha value is -0.160. The fourth-order valence-corrected chi connectivity index (χ4v) is 3.42. The summed E-state index contributed by atoms with van der Waals surface area (Å²) in [5.41, 5.74) is 0. The molecule has 1 N–H and O–H groups in total. The molecule has 2 fully saturated rings. The number of hydrogen-bond donors (Lipinski definition) is 1. The van der Waals surface area contributed by atoms with Gasteiger partial charge in [-0.3, -0.25) is 0 Å². The quantitative estimate of drug-likeness (QED) is 0.782. The van der Waals surface area contributed by atoms with E-state index >= 15 is 0 Å². The first-order valence-corrected chi connectivity index (χ1v) is 6.57. The molecule has 0 aromatic carbocycles. The topological polar surface area (TPSA) is 46.2 Å². The van der Waals surface area contributed by atoms with Gasteiger partial charge in [0.1, 0.15) is 6.17 Å². The van der Waals surface area contributed by atoms with Gasteiger partial charge in [-0.05, 0) is 39.0 Å². The van der Waals surface area contributed by atoms with Crippen molar-refractivity contribution >= 4 is 10.0 Å². The van der Waals surface area contributed by atoms with Crippen LogP contribution in [0.15, 0.2) is 0 Å². The summed E-state index contributed by atoms with van der Waals surface area (Å²) in [6, 6.07) is -0.174. The van der Waals surface area contributed by atoms with Gasteiger partial charge in [-0.1, -0.05) is 0 Å². The zero-order valence-corrected chi connectivity index (χ0v) is 9.11. The SMILES string of the molecule is CC1(S(=O)(=O)N[C@H]2CC[C@H](F)C2)CC1. The van der Waals surface area contributed by atoms with Crippen LogP contribution < -0.4 is 4.72 Å². The predicted octanol–water partition coefficient (Wildman–Crippen LogP) is 1.35. The Morgan fingerprint density at radius 3 is 2.43 bits per heavy atom. The molecule has 0 spiro atoms. The van der Waals surface area contributed by atoms with Crippen LogP contribution in [0.1, 0.15) is 39.0 Å². The first-order valence-electron chi connectivity index (χ1n) is 5.09. The molecule has 0 aromatic rings. The van der Waals surface area contributed by atoms with Gasteiger partial charge in [-0.25, -0.2) is 17.5 Å². The zero-order chi connectivity index (χ0) is 10.4. The summed E-state index contributed by atoms with van der Waals surface area (Å²) in [5, 5.41) is 0. The first-order chi connectivity index (χ1) is 6.43. The monoisotopic (exact) mass is 221 g/mol. The van der Waals surface area contributed by atoms with Crippen LogP contribution in [-0.4, -0.2) is 25.4 Å². The fraction of sp³-hybridized carbons (Fsp3) is 1.00. The second-order valence-electron chi connectivity index (χ2n) is 4.68. The Labute approximate surface area is 84.1 Å². The highest BCUT2D eigenvalue weighted by Gasteiger charge is 2.50. The van der Waals surface area contributed by atoms with Crippen molar-refractivity contribution < 1.29 is 12.8 Å². The van der Waals surface area contributed by atoms with Crippen LogP contribution in [0, 0.1) is 0 Å². The number of alkyl halides is 1. The number of nitrogens with one attached hydrogen (secondary N) is 1. The maximum Gasteiger partial charge on any atom is 0.217 e. The largest absolute Gasteiger partial charge is 0.247 e. The minimum atomic E-state index is -3.21. The maximum absolute atomic E-state index is 12.8. The smallest absolute Gasteiger partial charge is 0.217 e. The molecule has 82 valence electrons. The van der Waals surface area contributed by atoms with Gasteiger partial charge in [0.25, 0.3) is 0 Å². The van der Waals surface area contributed by atoms with Crippen LogP contribution in [0.4, 0.5) is 4.39 Å². The second-order valence-corrected chi connectivity index (χ2v) is 6.91. The number of halogens is 1. The van der Waals surface area contributed by atoms with Crippen molar-refractivity contribution in [3.8, 4) is 0 Å². The highest BCUT2D eigenvalue weighted by atomic mass is 32.2. The molecule has 0 radical (unpaired) electrons. The third-order valence-corrected chi connectivity index (χ3v) is 5.64. The molecule has 0 unspecified atom stereocenters. The first kappa shape index (κ1) is 10.4. The van der Waals surface area contributed by atoms with Gasteiger partial charge in [0.2, 0.25) is 10.0 Å². The van der Waals surface area contributed by atoms with E-state index in [1.54, 1.807) is 6.92 Å². The van der Waals surface area contributed by atoms with Gasteiger partial charge in [-0.15, -0.1) is 0 Å². The summed E-state index contributed by atoms with van der Waals surface area (Å²) in [6.07, 6.45) is 2.10. The summed E-state index contributed by atoms with van der Waals surface area (Å²) < 4.78 is 38.4. The Bertz CT molecular complexity index is 324. The van der Waals surface area contributed by atoms with E-state index in [1.807, 2.05) is 0 Å². The standard InChI is InChI=1S/C9H16FNO2S/c1-9(4-5-9)14(12,13)11-8-3-2-7(10)6-8/h7-8,11H,2-6H2,1H3/t7-,8-/m0/s1. The van der Waals surface area contributed by atoms with Crippen molar-refractivity contribution in [2.24, 2.45) is 0 Å². The molecule has 2 saturated carbocycles. The van der Waals surface area contributed by atoms with Crippen molar-refractivity contribution in [1.82, 2.24) is 4.72 Å². The third kappa shape index (κ3) is 1.80. The van der Waals surface area contributed by atoms with Gasteiger partial charge < -0.3 is 0 Å². The minimum absolute atomic E-state index is 0.174. The van der Waals surface area contributed by atoms with E-state index in [9.17, 15) is 12.8 Å². The molecule has 2 rings (SSSR count). The Kier molecular flexibility index (Phi) is 2.34. The van der Waals surface area contributed by atoms with Crippen molar-refractivity contribution in [3.05, 3.63) is 0 Å². The van der Waals surface area contributed by atoms with Crippen molar-refractivity contribution in [3.63, 3.8) is 0 Å². The molecular formula is C9H16FNO2S. The normalized spacial score (nSPS) is 35.9. The molecule has 0 heterocycles. The molecular weight excluding hydrogens is 205 g/mol. The molecule has 2 aliphatic rings. The molecule has 5 heteroatoms. The van der Waals surface area contributed by atoms with Crippen LogP contribution in [0.3, 0.4) is 0 Å². The second kappa shape index (κ2) is 3.17. The maximum atomic E-state index is 12.8. The van der Waals surface area contributed by atoms with E-state index < -0.39 is 20.9 Å². The fourth-order valence-electron chi connectivity index (χ4n) is 1.84. The van der Waals surface area contributed by atoms with Crippen LogP contribution in [0.2, 0.25) is 0 Å².